The van der Waals surface area contributed by atoms with E-state index in [0.29, 0.717) is 0 Å². The summed E-state index contributed by atoms with van der Waals surface area (Å²) < 4.78 is 1.01. The Balaban J connectivity index is 2.54. The normalized spacial score (nSPS) is 9.92. The lowest BCUT2D eigenvalue weighted by molar-refractivity contribution is 1.26. The minimum absolute atomic E-state index is 1.01. The highest BCUT2D eigenvalue weighted by Gasteiger charge is 2.01. The zero-order chi connectivity index (χ0) is 9.10. The summed E-state index contributed by atoms with van der Waals surface area (Å²) in [6.45, 7) is 0. The second-order valence-electron chi connectivity index (χ2n) is 2.58. The van der Waals surface area contributed by atoms with E-state index in [4.69, 9.17) is 0 Å². The first-order chi connectivity index (χ1) is 6.38. The molecule has 3 heteroatoms. The smallest absolute Gasteiger partial charge is 0.109 e. The highest BCUT2D eigenvalue weighted by Crippen LogP contribution is 2.21. The Morgan fingerprint density at radius 2 is 1.92 bits per heavy atom. The molecule has 2 nitrogen and oxygen atoms in total. The van der Waals surface area contributed by atoms with Crippen LogP contribution in [0.1, 0.15) is 0 Å². The highest BCUT2D eigenvalue weighted by atomic mass is 127. The fourth-order valence-corrected chi connectivity index (χ4v) is 1.78. The Kier molecular flexibility index (Phi) is 2.54. The molecule has 2 rings (SSSR count). The van der Waals surface area contributed by atoms with Gasteiger partial charge in [0.2, 0.25) is 0 Å². The molecule has 13 heavy (non-hydrogen) atoms. The average molecular weight is 282 g/mol. The van der Waals surface area contributed by atoms with E-state index >= 15 is 0 Å². The fourth-order valence-electron chi connectivity index (χ4n) is 1.12. The molecule has 64 valence electrons. The maximum Gasteiger partial charge on any atom is 0.109 e. The quantitative estimate of drug-likeness (QED) is 0.593. The van der Waals surface area contributed by atoms with Gasteiger partial charge in [0.15, 0.2) is 0 Å². The van der Waals surface area contributed by atoms with Crippen LogP contribution in [0.4, 0.5) is 0 Å². The zero-order valence-corrected chi connectivity index (χ0v) is 8.97. The molecule has 2 heterocycles. The van der Waals surface area contributed by atoms with Crippen molar-refractivity contribution in [2.75, 3.05) is 0 Å². The first-order valence-corrected chi connectivity index (χ1v) is 4.97. The van der Waals surface area contributed by atoms with E-state index in [2.05, 4.69) is 32.6 Å². The molecular formula is C10H7IN2. The van der Waals surface area contributed by atoms with E-state index in [9.17, 15) is 0 Å². The van der Waals surface area contributed by atoms with Crippen molar-refractivity contribution in [3.05, 3.63) is 46.6 Å². The number of aromatic nitrogens is 2. The van der Waals surface area contributed by atoms with Crippen molar-refractivity contribution in [2.45, 2.75) is 0 Å². The van der Waals surface area contributed by atoms with E-state index in [1.54, 1.807) is 12.4 Å². The van der Waals surface area contributed by atoms with Gasteiger partial charge in [-0.3, -0.25) is 4.98 Å². The molecule has 0 spiro atoms. The van der Waals surface area contributed by atoms with Crippen LogP contribution in [0.15, 0.2) is 42.9 Å². The molecule has 0 unspecified atom stereocenters. The van der Waals surface area contributed by atoms with E-state index in [-0.39, 0.29) is 0 Å². The van der Waals surface area contributed by atoms with Crippen LogP contribution in [0.25, 0.3) is 11.1 Å². The Morgan fingerprint density at radius 1 is 1.08 bits per heavy atom. The monoisotopic (exact) mass is 282 g/mol. The van der Waals surface area contributed by atoms with Crippen molar-refractivity contribution in [2.24, 2.45) is 0 Å². The Morgan fingerprint density at radius 3 is 2.62 bits per heavy atom. The number of halogens is 1. The Labute approximate surface area is 90.2 Å². The Hall–Kier alpha value is -0.970. The van der Waals surface area contributed by atoms with Crippen molar-refractivity contribution in [3.8, 4) is 11.1 Å². The van der Waals surface area contributed by atoms with Crippen LogP contribution in [0.5, 0.6) is 0 Å². The van der Waals surface area contributed by atoms with Gasteiger partial charge in [-0.1, -0.05) is 12.1 Å². The van der Waals surface area contributed by atoms with Gasteiger partial charge in [0.1, 0.15) is 3.70 Å². The van der Waals surface area contributed by atoms with Crippen LogP contribution in [-0.2, 0) is 0 Å². The summed E-state index contributed by atoms with van der Waals surface area (Å²) >= 11 is 2.22. The summed E-state index contributed by atoms with van der Waals surface area (Å²) in [5, 5.41) is 0. The van der Waals surface area contributed by atoms with Gasteiger partial charge in [-0.2, -0.15) is 0 Å². The minimum Gasteiger partial charge on any atom is -0.264 e. The lowest BCUT2D eigenvalue weighted by Gasteiger charge is -2.01. The van der Waals surface area contributed by atoms with Gasteiger partial charge < -0.3 is 0 Å². The third-order valence-electron chi connectivity index (χ3n) is 1.73. The SMILES string of the molecule is Ic1ncccc1-c1cccnc1. The van der Waals surface area contributed by atoms with Gasteiger partial charge in [-0.15, -0.1) is 0 Å². The van der Waals surface area contributed by atoms with Gasteiger partial charge in [0.25, 0.3) is 0 Å². The minimum atomic E-state index is 1.01. The molecule has 2 aromatic heterocycles. The second-order valence-corrected chi connectivity index (χ2v) is 3.61. The summed E-state index contributed by atoms with van der Waals surface area (Å²) in [6, 6.07) is 7.95. The molecule has 0 aliphatic heterocycles. The third-order valence-corrected chi connectivity index (χ3v) is 2.59. The topological polar surface area (TPSA) is 25.8 Å². The van der Waals surface area contributed by atoms with Crippen molar-refractivity contribution >= 4 is 22.6 Å². The maximum absolute atomic E-state index is 4.21. The number of nitrogens with zero attached hydrogens (tertiary/aromatic N) is 2. The molecule has 0 atom stereocenters. The van der Waals surface area contributed by atoms with E-state index < -0.39 is 0 Å². The van der Waals surface area contributed by atoms with E-state index in [1.807, 2.05) is 30.5 Å². The van der Waals surface area contributed by atoms with Crippen LogP contribution in [0.2, 0.25) is 0 Å². The summed E-state index contributed by atoms with van der Waals surface area (Å²) in [4.78, 5) is 8.29. The number of rotatable bonds is 1. The van der Waals surface area contributed by atoms with Crippen molar-refractivity contribution in [1.82, 2.24) is 9.97 Å². The van der Waals surface area contributed by atoms with Crippen LogP contribution in [0, 0.1) is 3.70 Å². The predicted molar refractivity (Wildman–Crippen MR) is 60.2 cm³/mol. The van der Waals surface area contributed by atoms with Crippen molar-refractivity contribution in [3.63, 3.8) is 0 Å². The van der Waals surface area contributed by atoms with E-state index in [1.165, 1.54) is 0 Å². The summed E-state index contributed by atoms with van der Waals surface area (Å²) in [7, 11) is 0. The van der Waals surface area contributed by atoms with Crippen LogP contribution in [-0.4, -0.2) is 9.97 Å². The van der Waals surface area contributed by atoms with Crippen LogP contribution < -0.4 is 0 Å². The molecule has 0 fully saturated rings. The van der Waals surface area contributed by atoms with Crippen LogP contribution in [0.3, 0.4) is 0 Å². The molecule has 0 N–H and O–H groups in total. The number of hydrogen-bond donors (Lipinski definition) is 0. The zero-order valence-electron chi connectivity index (χ0n) is 6.81. The fraction of sp³-hybridized carbons (Fsp3) is 0. The number of hydrogen-bond acceptors (Lipinski definition) is 2. The molecule has 0 aliphatic rings. The lowest BCUT2D eigenvalue weighted by atomic mass is 10.1. The molecule has 0 saturated heterocycles. The van der Waals surface area contributed by atoms with Gasteiger partial charge in [-0.05, 0) is 34.7 Å². The van der Waals surface area contributed by atoms with Gasteiger partial charge >= 0.3 is 0 Å². The van der Waals surface area contributed by atoms with Crippen molar-refractivity contribution in [1.29, 1.82) is 0 Å². The summed E-state index contributed by atoms with van der Waals surface area (Å²) in [5.41, 5.74) is 2.25. The maximum atomic E-state index is 4.21. The Bertz CT molecular complexity index is 401. The first kappa shape index (κ1) is 8.62. The van der Waals surface area contributed by atoms with Gasteiger partial charge in [-0.25, -0.2) is 4.98 Å². The first-order valence-electron chi connectivity index (χ1n) is 3.89. The molecule has 0 amide bonds. The average Bonchev–Trinajstić information content (AvgIpc) is 2.20. The summed E-state index contributed by atoms with van der Waals surface area (Å²) in [5.74, 6) is 0. The highest BCUT2D eigenvalue weighted by molar-refractivity contribution is 14.1. The van der Waals surface area contributed by atoms with Crippen molar-refractivity contribution < 1.29 is 0 Å². The molecule has 2 aromatic rings. The standard InChI is InChI=1S/C10H7IN2/c11-10-9(4-2-6-13-10)8-3-1-5-12-7-8/h1-7H. The lowest BCUT2D eigenvalue weighted by Crippen LogP contribution is -1.85. The molecule has 0 radical (unpaired) electrons. The van der Waals surface area contributed by atoms with Crippen LogP contribution >= 0.6 is 22.6 Å². The second kappa shape index (κ2) is 3.83. The van der Waals surface area contributed by atoms with Gasteiger partial charge in [0.05, 0.1) is 0 Å². The van der Waals surface area contributed by atoms with E-state index in [0.717, 1.165) is 14.8 Å². The molecule has 0 aliphatic carbocycles. The molecular weight excluding hydrogens is 275 g/mol. The number of pyridine rings is 2. The molecule has 0 aromatic carbocycles. The largest absolute Gasteiger partial charge is 0.264 e. The summed E-state index contributed by atoms with van der Waals surface area (Å²) in [6.07, 6.45) is 5.41. The van der Waals surface area contributed by atoms with Gasteiger partial charge in [0, 0.05) is 29.7 Å². The third kappa shape index (κ3) is 1.85. The molecule has 0 saturated carbocycles. The predicted octanol–water partition coefficient (Wildman–Crippen LogP) is 2.75. The molecule has 0 bridgehead atoms.